The topological polar surface area (TPSA) is 57.8 Å². The Morgan fingerprint density at radius 3 is 2.95 bits per heavy atom. The van der Waals surface area contributed by atoms with E-state index in [4.69, 9.17) is 0 Å². The normalized spacial score (nSPS) is 10.7. The quantitative estimate of drug-likeness (QED) is 0.771. The number of benzene rings is 1. The molecule has 3 aromatic rings. The first-order chi connectivity index (χ1) is 10.2. The Bertz CT molecular complexity index is 762. The van der Waals surface area contributed by atoms with Crippen LogP contribution in [-0.4, -0.2) is 22.4 Å². The van der Waals surface area contributed by atoms with Gasteiger partial charge in [-0.25, -0.2) is 0 Å². The molecule has 0 fully saturated rings. The van der Waals surface area contributed by atoms with Gasteiger partial charge in [0.25, 0.3) is 5.91 Å². The molecule has 2 heterocycles. The van der Waals surface area contributed by atoms with Crippen LogP contribution in [0.4, 0.5) is 0 Å². The molecular formula is C17H17N3O. The third-order valence-electron chi connectivity index (χ3n) is 3.42. The number of nitrogens with one attached hydrogen (secondary N) is 2. The Kier molecular flexibility index (Phi) is 3.69. The number of hydrogen-bond donors (Lipinski definition) is 2. The number of aromatic nitrogens is 2. The Hall–Kier alpha value is -2.62. The van der Waals surface area contributed by atoms with Crippen LogP contribution in [0.2, 0.25) is 0 Å². The van der Waals surface area contributed by atoms with Crippen molar-refractivity contribution in [2.75, 3.05) is 6.54 Å². The number of carbonyl (C=O) groups excluding carboxylic acids is 1. The summed E-state index contributed by atoms with van der Waals surface area (Å²) in [4.78, 5) is 19.5. The van der Waals surface area contributed by atoms with Crippen LogP contribution in [-0.2, 0) is 6.42 Å². The number of nitrogens with zero attached hydrogens (tertiary/aromatic N) is 1. The van der Waals surface area contributed by atoms with Crippen molar-refractivity contribution in [2.24, 2.45) is 0 Å². The maximum atomic E-state index is 12.1. The first-order valence-corrected chi connectivity index (χ1v) is 7.00. The summed E-state index contributed by atoms with van der Waals surface area (Å²) in [5.74, 6) is -0.0835. The molecule has 0 saturated heterocycles. The van der Waals surface area contributed by atoms with Gasteiger partial charge >= 0.3 is 0 Å². The second kappa shape index (κ2) is 5.79. The van der Waals surface area contributed by atoms with Crippen LogP contribution in [0.15, 0.2) is 48.7 Å². The van der Waals surface area contributed by atoms with Crippen molar-refractivity contribution in [2.45, 2.75) is 13.3 Å². The van der Waals surface area contributed by atoms with Crippen LogP contribution in [0.3, 0.4) is 0 Å². The monoisotopic (exact) mass is 279 g/mol. The SMILES string of the molecule is Cc1ccc2cc(C(=O)NCCc3ccccn3)[nH]c2c1. The van der Waals surface area contributed by atoms with Gasteiger partial charge in [0.15, 0.2) is 0 Å². The minimum Gasteiger partial charge on any atom is -0.351 e. The van der Waals surface area contributed by atoms with Gasteiger partial charge in [-0.3, -0.25) is 9.78 Å². The first kappa shape index (κ1) is 13.4. The zero-order valence-corrected chi connectivity index (χ0v) is 11.9. The van der Waals surface area contributed by atoms with Gasteiger partial charge in [0, 0.05) is 35.8 Å². The number of pyridine rings is 1. The average molecular weight is 279 g/mol. The highest BCUT2D eigenvalue weighted by atomic mass is 16.1. The van der Waals surface area contributed by atoms with Crippen molar-refractivity contribution in [3.8, 4) is 0 Å². The van der Waals surface area contributed by atoms with Gasteiger partial charge < -0.3 is 10.3 Å². The summed E-state index contributed by atoms with van der Waals surface area (Å²) in [6, 6.07) is 13.8. The molecule has 2 aromatic heterocycles. The van der Waals surface area contributed by atoms with Crippen LogP contribution in [0, 0.1) is 6.92 Å². The fourth-order valence-electron chi connectivity index (χ4n) is 2.31. The van der Waals surface area contributed by atoms with Crippen LogP contribution >= 0.6 is 0 Å². The van der Waals surface area contributed by atoms with Gasteiger partial charge in [-0.1, -0.05) is 18.2 Å². The molecule has 106 valence electrons. The number of aryl methyl sites for hydroxylation is 1. The lowest BCUT2D eigenvalue weighted by molar-refractivity contribution is 0.0950. The highest BCUT2D eigenvalue weighted by Crippen LogP contribution is 2.16. The fourth-order valence-corrected chi connectivity index (χ4v) is 2.31. The van der Waals surface area contributed by atoms with E-state index >= 15 is 0 Å². The number of aromatic amines is 1. The summed E-state index contributed by atoms with van der Waals surface area (Å²) in [5.41, 5.74) is 3.73. The zero-order valence-electron chi connectivity index (χ0n) is 11.9. The molecule has 0 bridgehead atoms. The average Bonchev–Trinajstić information content (AvgIpc) is 2.91. The molecule has 0 radical (unpaired) electrons. The molecule has 4 heteroatoms. The molecule has 1 aromatic carbocycles. The first-order valence-electron chi connectivity index (χ1n) is 7.00. The number of rotatable bonds is 4. The summed E-state index contributed by atoms with van der Waals surface area (Å²) < 4.78 is 0. The van der Waals surface area contributed by atoms with Crippen LogP contribution in [0.1, 0.15) is 21.7 Å². The molecule has 0 aliphatic carbocycles. The van der Waals surface area contributed by atoms with Gasteiger partial charge in [0.1, 0.15) is 5.69 Å². The summed E-state index contributed by atoms with van der Waals surface area (Å²) in [7, 11) is 0. The number of fused-ring (bicyclic) bond motifs is 1. The highest BCUT2D eigenvalue weighted by molar-refractivity contribution is 5.98. The van der Waals surface area contributed by atoms with Gasteiger partial charge in [0.05, 0.1) is 0 Å². The van der Waals surface area contributed by atoms with Crippen molar-refractivity contribution in [3.63, 3.8) is 0 Å². The fraction of sp³-hybridized carbons (Fsp3) is 0.176. The van der Waals surface area contributed by atoms with Gasteiger partial charge in [0.2, 0.25) is 0 Å². The maximum absolute atomic E-state index is 12.1. The Morgan fingerprint density at radius 2 is 2.14 bits per heavy atom. The summed E-state index contributed by atoms with van der Waals surface area (Å²) in [5, 5.41) is 3.96. The Balaban J connectivity index is 1.64. The largest absolute Gasteiger partial charge is 0.351 e. The van der Waals surface area contributed by atoms with E-state index in [1.807, 2.05) is 49.4 Å². The van der Waals surface area contributed by atoms with E-state index in [1.165, 1.54) is 5.56 Å². The smallest absolute Gasteiger partial charge is 0.267 e. The third kappa shape index (κ3) is 3.11. The van der Waals surface area contributed by atoms with E-state index in [1.54, 1.807) is 6.20 Å². The molecule has 3 rings (SSSR count). The molecular weight excluding hydrogens is 262 g/mol. The van der Waals surface area contributed by atoms with E-state index in [9.17, 15) is 4.79 Å². The number of hydrogen-bond acceptors (Lipinski definition) is 2. The molecule has 0 unspecified atom stereocenters. The van der Waals surface area contributed by atoms with E-state index in [2.05, 4.69) is 15.3 Å². The highest BCUT2D eigenvalue weighted by Gasteiger charge is 2.09. The Morgan fingerprint density at radius 1 is 1.24 bits per heavy atom. The van der Waals surface area contributed by atoms with Crippen molar-refractivity contribution in [1.29, 1.82) is 0 Å². The molecule has 1 amide bonds. The lowest BCUT2D eigenvalue weighted by Gasteiger charge is -2.03. The van der Waals surface area contributed by atoms with Crippen LogP contribution < -0.4 is 5.32 Å². The van der Waals surface area contributed by atoms with Crippen LogP contribution in [0.25, 0.3) is 10.9 Å². The van der Waals surface area contributed by atoms with Gasteiger partial charge in [-0.15, -0.1) is 0 Å². The number of amides is 1. The molecule has 0 spiro atoms. The minimum atomic E-state index is -0.0835. The van der Waals surface area contributed by atoms with Gasteiger partial charge in [-0.05, 0) is 36.8 Å². The Labute approximate surface area is 123 Å². The minimum absolute atomic E-state index is 0.0835. The van der Waals surface area contributed by atoms with Crippen molar-refractivity contribution < 1.29 is 4.79 Å². The lowest BCUT2D eigenvalue weighted by atomic mass is 10.2. The maximum Gasteiger partial charge on any atom is 0.267 e. The van der Waals surface area contributed by atoms with Crippen LogP contribution in [0.5, 0.6) is 0 Å². The van der Waals surface area contributed by atoms with E-state index in [-0.39, 0.29) is 5.91 Å². The van der Waals surface area contributed by atoms with Gasteiger partial charge in [-0.2, -0.15) is 0 Å². The molecule has 0 aliphatic heterocycles. The standard InChI is InChI=1S/C17H17N3O/c1-12-5-6-13-11-16(20-15(13)10-12)17(21)19-9-7-14-4-2-3-8-18-14/h2-6,8,10-11,20H,7,9H2,1H3,(H,19,21). The predicted molar refractivity (Wildman–Crippen MR) is 83.3 cm³/mol. The third-order valence-corrected chi connectivity index (χ3v) is 3.42. The second-order valence-electron chi connectivity index (χ2n) is 5.10. The summed E-state index contributed by atoms with van der Waals surface area (Å²) in [6.45, 7) is 2.61. The molecule has 0 atom stereocenters. The summed E-state index contributed by atoms with van der Waals surface area (Å²) >= 11 is 0. The zero-order chi connectivity index (χ0) is 14.7. The van der Waals surface area contributed by atoms with Crippen molar-refractivity contribution in [1.82, 2.24) is 15.3 Å². The second-order valence-corrected chi connectivity index (χ2v) is 5.10. The molecule has 4 nitrogen and oxygen atoms in total. The van der Waals surface area contributed by atoms with E-state index < -0.39 is 0 Å². The van der Waals surface area contributed by atoms with Crippen molar-refractivity contribution >= 4 is 16.8 Å². The molecule has 0 aliphatic rings. The summed E-state index contributed by atoms with van der Waals surface area (Å²) in [6.07, 6.45) is 2.49. The van der Waals surface area contributed by atoms with E-state index in [0.717, 1.165) is 23.0 Å². The predicted octanol–water partition coefficient (Wildman–Crippen LogP) is 2.84. The number of carbonyl (C=O) groups is 1. The molecule has 21 heavy (non-hydrogen) atoms. The van der Waals surface area contributed by atoms with Crippen molar-refractivity contribution in [3.05, 3.63) is 65.6 Å². The molecule has 2 N–H and O–H groups in total. The lowest BCUT2D eigenvalue weighted by Crippen LogP contribution is -2.26. The van der Waals surface area contributed by atoms with E-state index in [0.29, 0.717) is 12.2 Å². The molecule has 0 saturated carbocycles. The number of H-pyrrole nitrogens is 1.